The molecule has 0 amide bonds. The summed E-state index contributed by atoms with van der Waals surface area (Å²) in [5, 5.41) is 9.22. The standard InChI is InChI=1S/C15H16N4/c1-19(11-14-4-2-3-7-18-14)15-6-5-12(9-16)8-13(15)10-17/h2-8H,9,11,16H2,1H3. The number of nitrogens with two attached hydrogens (primary N) is 1. The molecule has 0 saturated heterocycles. The van der Waals surface area contributed by atoms with E-state index in [2.05, 4.69) is 11.1 Å². The molecule has 96 valence electrons. The van der Waals surface area contributed by atoms with E-state index < -0.39 is 0 Å². The summed E-state index contributed by atoms with van der Waals surface area (Å²) in [6.45, 7) is 1.11. The summed E-state index contributed by atoms with van der Waals surface area (Å²) in [5.74, 6) is 0. The highest BCUT2D eigenvalue weighted by Gasteiger charge is 2.09. The van der Waals surface area contributed by atoms with Crippen molar-refractivity contribution in [3.8, 4) is 6.07 Å². The van der Waals surface area contributed by atoms with Crippen LogP contribution in [-0.4, -0.2) is 12.0 Å². The molecule has 0 saturated carbocycles. The van der Waals surface area contributed by atoms with Crippen molar-refractivity contribution in [3.05, 3.63) is 59.4 Å². The lowest BCUT2D eigenvalue weighted by molar-refractivity contribution is 0.882. The van der Waals surface area contributed by atoms with Crippen LogP contribution in [0.4, 0.5) is 5.69 Å². The monoisotopic (exact) mass is 252 g/mol. The summed E-state index contributed by atoms with van der Waals surface area (Å²) in [7, 11) is 1.95. The quantitative estimate of drug-likeness (QED) is 0.904. The van der Waals surface area contributed by atoms with E-state index in [0.717, 1.165) is 16.9 Å². The van der Waals surface area contributed by atoms with Crippen molar-refractivity contribution in [3.63, 3.8) is 0 Å². The molecule has 2 rings (SSSR count). The molecule has 0 unspecified atom stereocenters. The molecule has 0 atom stereocenters. The molecule has 0 radical (unpaired) electrons. The van der Waals surface area contributed by atoms with Crippen LogP contribution >= 0.6 is 0 Å². The van der Waals surface area contributed by atoms with Crippen LogP contribution in [0.5, 0.6) is 0 Å². The van der Waals surface area contributed by atoms with Crippen molar-refractivity contribution < 1.29 is 0 Å². The predicted octanol–water partition coefficient (Wildman–Crippen LogP) is 2.05. The number of nitrogens with zero attached hydrogens (tertiary/aromatic N) is 3. The van der Waals surface area contributed by atoms with Gasteiger partial charge in [0.25, 0.3) is 0 Å². The summed E-state index contributed by atoms with van der Waals surface area (Å²) >= 11 is 0. The Morgan fingerprint density at radius 2 is 2.16 bits per heavy atom. The number of anilines is 1. The number of aromatic nitrogens is 1. The molecule has 4 nitrogen and oxygen atoms in total. The van der Waals surface area contributed by atoms with Gasteiger partial charge in [0, 0.05) is 19.8 Å². The SMILES string of the molecule is CN(Cc1ccccn1)c1ccc(CN)cc1C#N. The maximum absolute atomic E-state index is 9.22. The zero-order valence-electron chi connectivity index (χ0n) is 10.9. The van der Waals surface area contributed by atoms with Crippen molar-refractivity contribution in [1.29, 1.82) is 5.26 Å². The molecular weight excluding hydrogens is 236 g/mol. The predicted molar refractivity (Wildman–Crippen MR) is 75.4 cm³/mol. The van der Waals surface area contributed by atoms with Crippen molar-refractivity contribution in [2.75, 3.05) is 11.9 Å². The molecular formula is C15H16N4. The lowest BCUT2D eigenvalue weighted by atomic mass is 10.1. The van der Waals surface area contributed by atoms with Gasteiger partial charge in [0.05, 0.1) is 23.5 Å². The number of hydrogen-bond acceptors (Lipinski definition) is 4. The molecule has 1 heterocycles. The zero-order chi connectivity index (χ0) is 13.7. The first-order valence-corrected chi connectivity index (χ1v) is 6.08. The average Bonchev–Trinajstić information content (AvgIpc) is 2.47. The highest BCUT2D eigenvalue weighted by atomic mass is 15.1. The first-order chi connectivity index (χ1) is 9.24. The van der Waals surface area contributed by atoms with Crippen LogP contribution < -0.4 is 10.6 Å². The molecule has 0 aliphatic rings. The van der Waals surface area contributed by atoms with E-state index in [0.29, 0.717) is 18.7 Å². The van der Waals surface area contributed by atoms with Gasteiger partial charge in [0.15, 0.2) is 0 Å². The van der Waals surface area contributed by atoms with Crippen LogP contribution in [-0.2, 0) is 13.1 Å². The zero-order valence-corrected chi connectivity index (χ0v) is 10.9. The number of benzene rings is 1. The Labute approximate surface area is 113 Å². The summed E-state index contributed by atoms with van der Waals surface area (Å²) in [4.78, 5) is 6.30. The summed E-state index contributed by atoms with van der Waals surface area (Å²) < 4.78 is 0. The molecule has 0 spiro atoms. The van der Waals surface area contributed by atoms with E-state index in [4.69, 9.17) is 5.73 Å². The van der Waals surface area contributed by atoms with Crippen molar-refractivity contribution in [2.45, 2.75) is 13.1 Å². The fourth-order valence-electron chi connectivity index (χ4n) is 1.95. The Bertz CT molecular complexity index is 587. The van der Waals surface area contributed by atoms with Crippen LogP contribution in [0.15, 0.2) is 42.6 Å². The fraction of sp³-hybridized carbons (Fsp3) is 0.200. The van der Waals surface area contributed by atoms with Crippen molar-refractivity contribution in [1.82, 2.24) is 4.98 Å². The van der Waals surface area contributed by atoms with E-state index in [1.54, 1.807) is 6.20 Å². The fourth-order valence-corrected chi connectivity index (χ4v) is 1.95. The van der Waals surface area contributed by atoms with Gasteiger partial charge < -0.3 is 10.6 Å². The third kappa shape index (κ3) is 3.09. The largest absolute Gasteiger partial charge is 0.368 e. The summed E-state index contributed by atoms with van der Waals surface area (Å²) in [6, 6.07) is 13.8. The third-order valence-electron chi connectivity index (χ3n) is 2.95. The second-order valence-electron chi connectivity index (χ2n) is 4.34. The summed E-state index contributed by atoms with van der Waals surface area (Å²) in [6.07, 6.45) is 1.77. The molecule has 4 heteroatoms. The van der Waals surface area contributed by atoms with E-state index in [1.165, 1.54) is 0 Å². The van der Waals surface area contributed by atoms with E-state index in [1.807, 2.05) is 48.3 Å². The minimum atomic E-state index is 0.443. The van der Waals surface area contributed by atoms with Gasteiger partial charge in [-0.2, -0.15) is 5.26 Å². The second-order valence-corrected chi connectivity index (χ2v) is 4.34. The van der Waals surface area contributed by atoms with Crippen molar-refractivity contribution >= 4 is 5.69 Å². The van der Waals surface area contributed by atoms with Crippen LogP contribution in [0, 0.1) is 11.3 Å². The molecule has 19 heavy (non-hydrogen) atoms. The first kappa shape index (κ1) is 13.1. The minimum absolute atomic E-state index is 0.443. The highest BCUT2D eigenvalue weighted by molar-refractivity contribution is 5.60. The van der Waals surface area contributed by atoms with Gasteiger partial charge >= 0.3 is 0 Å². The smallest absolute Gasteiger partial charge is 0.101 e. The first-order valence-electron chi connectivity index (χ1n) is 6.08. The summed E-state index contributed by atoms with van der Waals surface area (Å²) in [5.41, 5.74) is 9.06. The van der Waals surface area contributed by atoms with E-state index >= 15 is 0 Å². The lowest BCUT2D eigenvalue weighted by Crippen LogP contribution is -2.18. The van der Waals surface area contributed by atoms with Gasteiger partial charge in [0.2, 0.25) is 0 Å². The third-order valence-corrected chi connectivity index (χ3v) is 2.95. The molecule has 1 aromatic heterocycles. The minimum Gasteiger partial charge on any atom is -0.368 e. The van der Waals surface area contributed by atoms with Gasteiger partial charge in [-0.05, 0) is 29.8 Å². The Hall–Kier alpha value is -2.38. The second kappa shape index (κ2) is 5.98. The van der Waals surface area contributed by atoms with Crippen LogP contribution in [0.25, 0.3) is 0 Å². The molecule has 2 N–H and O–H groups in total. The van der Waals surface area contributed by atoms with E-state index in [-0.39, 0.29) is 0 Å². The normalized spacial score (nSPS) is 9.95. The topological polar surface area (TPSA) is 65.9 Å². The maximum Gasteiger partial charge on any atom is 0.101 e. The number of hydrogen-bond donors (Lipinski definition) is 1. The number of pyridine rings is 1. The Kier molecular flexibility index (Phi) is 4.11. The lowest BCUT2D eigenvalue weighted by Gasteiger charge is -2.20. The van der Waals surface area contributed by atoms with Gasteiger partial charge in [-0.25, -0.2) is 0 Å². The highest BCUT2D eigenvalue weighted by Crippen LogP contribution is 2.21. The number of nitriles is 1. The molecule has 0 aliphatic carbocycles. The van der Waals surface area contributed by atoms with Gasteiger partial charge in [-0.3, -0.25) is 4.98 Å². The molecule has 0 aliphatic heterocycles. The van der Waals surface area contributed by atoms with Gasteiger partial charge in [-0.1, -0.05) is 12.1 Å². The van der Waals surface area contributed by atoms with Gasteiger partial charge in [-0.15, -0.1) is 0 Å². The number of rotatable bonds is 4. The van der Waals surface area contributed by atoms with E-state index in [9.17, 15) is 5.26 Å². The Balaban J connectivity index is 2.24. The molecule has 1 aromatic carbocycles. The van der Waals surface area contributed by atoms with Crippen LogP contribution in [0.2, 0.25) is 0 Å². The van der Waals surface area contributed by atoms with Crippen LogP contribution in [0.3, 0.4) is 0 Å². The maximum atomic E-state index is 9.22. The van der Waals surface area contributed by atoms with Crippen LogP contribution in [0.1, 0.15) is 16.8 Å². The average molecular weight is 252 g/mol. The Morgan fingerprint density at radius 3 is 2.79 bits per heavy atom. The molecule has 0 bridgehead atoms. The molecule has 2 aromatic rings. The van der Waals surface area contributed by atoms with Crippen molar-refractivity contribution in [2.24, 2.45) is 5.73 Å². The molecule has 0 fully saturated rings. The van der Waals surface area contributed by atoms with Gasteiger partial charge in [0.1, 0.15) is 6.07 Å². The Morgan fingerprint density at radius 1 is 1.32 bits per heavy atom.